The fraction of sp³-hybridized carbons (Fsp3) is 0.556. The van der Waals surface area contributed by atoms with E-state index >= 15 is 0 Å². The number of rotatable bonds is 2. The standard InChI is InChI=1S/C18H25N3O2.ClH/c1-12-4-3-5-16(13(12)2)21-11-14(10-17(21)22)18(23)20-8-6-15(19)7-9-20;/h3-5,14-15H,6-11,19H2,1-2H3;1H. The number of aryl methyl sites for hydroxylation is 1. The van der Waals surface area contributed by atoms with E-state index in [0.29, 0.717) is 26.1 Å². The first-order valence-corrected chi connectivity index (χ1v) is 8.38. The second-order valence-corrected chi connectivity index (χ2v) is 6.79. The fourth-order valence-corrected chi connectivity index (χ4v) is 3.51. The Hall–Kier alpha value is -1.59. The van der Waals surface area contributed by atoms with Crippen LogP contribution in [-0.4, -0.2) is 42.4 Å². The number of likely N-dealkylation sites (tertiary alicyclic amines) is 1. The van der Waals surface area contributed by atoms with Crippen molar-refractivity contribution in [2.75, 3.05) is 24.5 Å². The van der Waals surface area contributed by atoms with E-state index in [1.54, 1.807) is 4.90 Å². The predicted molar refractivity (Wildman–Crippen MR) is 97.4 cm³/mol. The lowest BCUT2D eigenvalue weighted by Gasteiger charge is -2.32. The number of carbonyl (C=O) groups excluding carboxylic acids is 2. The van der Waals surface area contributed by atoms with E-state index in [2.05, 4.69) is 0 Å². The maximum atomic E-state index is 12.7. The van der Waals surface area contributed by atoms with Gasteiger partial charge in [0.05, 0.1) is 5.92 Å². The van der Waals surface area contributed by atoms with Crippen LogP contribution in [0.1, 0.15) is 30.4 Å². The lowest BCUT2D eigenvalue weighted by Crippen LogP contribution is -2.45. The summed E-state index contributed by atoms with van der Waals surface area (Å²) >= 11 is 0. The van der Waals surface area contributed by atoms with Crippen molar-refractivity contribution in [3.8, 4) is 0 Å². The Balaban J connectivity index is 0.00000208. The molecular formula is C18H26ClN3O2. The molecule has 0 bridgehead atoms. The summed E-state index contributed by atoms with van der Waals surface area (Å²) in [5, 5.41) is 0. The molecule has 2 heterocycles. The van der Waals surface area contributed by atoms with Crippen molar-refractivity contribution >= 4 is 29.9 Å². The van der Waals surface area contributed by atoms with Gasteiger partial charge in [0.15, 0.2) is 0 Å². The molecule has 0 spiro atoms. The number of hydrogen-bond donors (Lipinski definition) is 1. The van der Waals surface area contributed by atoms with E-state index in [1.165, 1.54) is 0 Å². The molecule has 5 nitrogen and oxygen atoms in total. The normalized spacial score (nSPS) is 21.8. The average molecular weight is 352 g/mol. The van der Waals surface area contributed by atoms with E-state index < -0.39 is 0 Å². The second-order valence-electron chi connectivity index (χ2n) is 6.79. The third-order valence-electron chi connectivity index (χ3n) is 5.19. The van der Waals surface area contributed by atoms with Gasteiger partial charge in [0, 0.05) is 37.8 Å². The molecule has 2 amide bonds. The number of hydrogen-bond acceptors (Lipinski definition) is 3. The minimum atomic E-state index is -0.225. The van der Waals surface area contributed by atoms with Gasteiger partial charge in [-0.25, -0.2) is 0 Å². The molecule has 132 valence electrons. The summed E-state index contributed by atoms with van der Waals surface area (Å²) in [6.07, 6.45) is 2.02. The molecule has 6 heteroatoms. The van der Waals surface area contributed by atoms with Gasteiger partial charge in [0.1, 0.15) is 0 Å². The Kier molecular flexibility index (Phi) is 5.88. The monoisotopic (exact) mass is 351 g/mol. The molecule has 0 aromatic heterocycles. The van der Waals surface area contributed by atoms with Crippen LogP contribution in [0.5, 0.6) is 0 Å². The van der Waals surface area contributed by atoms with Gasteiger partial charge in [0.2, 0.25) is 11.8 Å². The highest BCUT2D eigenvalue weighted by atomic mass is 35.5. The number of nitrogens with zero attached hydrogens (tertiary/aromatic N) is 2. The highest BCUT2D eigenvalue weighted by Gasteiger charge is 2.38. The van der Waals surface area contributed by atoms with Gasteiger partial charge in [-0.3, -0.25) is 9.59 Å². The van der Waals surface area contributed by atoms with E-state index in [0.717, 1.165) is 29.7 Å². The largest absolute Gasteiger partial charge is 0.342 e. The van der Waals surface area contributed by atoms with Gasteiger partial charge in [-0.15, -0.1) is 12.4 Å². The SMILES string of the molecule is Cc1cccc(N2CC(C(=O)N3CCC(N)CC3)CC2=O)c1C.Cl. The minimum Gasteiger partial charge on any atom is -0.342 e. The Morgan fingerprint density at radius 3 is 2.54 bits per heavy atom. The van der Waals surface area contributed by atoms with E-state index in [4.69, 9.17) is 5.73 Å². The molecule has 2 fully saturated rings. The van der Waals surface area contributed by atoms with Gasteiger partial charge in [0.25, 0.3) is 0 Å². The molecule has 1 unspecified atom stereocenters. The van der Waals surface area contributed by atoms with Crippen LogP contribution in [0.25, 0.3) is 0 Å². The molecule has 2 aliphatic heterocycles. The molecule has 1 aromatic rings. The minimum absolute atomic E-state index is 0. The molecule has 0 aliphatic carbocycles. The van der Waals surface area contributed by atoms with Crippen LogP contribution in [0.2, 0.25) is 0 Å². The lowest BCUT2D eigenvalue weighted by molar-refractivity contribution is -0.136. The molecule has 0 saturated carbocycles. The van der Waals surface area contributed by atoms with Crippen molar-refractivity contribution in [3.05, 3.63) is 29.3 Å². The summed E-state index contributed by atoms with van der Waals surface area (Å²) in [7, 11) is 0. The maximum absolute atomic E-state index is 12.7. The molecule has 2 saturated heterocycles. The van der Waals surface area contributed by atoms with Crippen molar-refractivity contribution < 1.29 is 9.59 Å². The molecule has 2 N–H and O–H groups in total. The van der Waals surface area contributed by atoms with E-state index in [1.807, 2.05) is 36.9 Å². The van der Waals surface area contributed by atoms with Crippen LogP contribution in [0.15, 0.2) is 18.2 Å². The molecule has 2 aliphatic rings. The van der Waals surface area contributed by atoms with Crippen LogP contribution in [-0.2, 0) is 9.59 Å². The Morgan fingerprint density at radius 2 is 1.88 bits per heavy atom. The first kappa shape index (κ1) is 18.7. The number of carbonyl (C=O) groups is 2. The van der Waals surface area contributed by atoms with Gasteiger partial charge in [-0.1, -0.05) is 12.1 Å². The second kappa shape index (κ2) is 7.53. The summed E-state index contributed by atoms with van der Waals surface area (Å²) < 4.78 is 0. The number of benzene rings is 1. The smallest absolute Gasteiger partial charge is 0.228 e. The number of nitrogens with two attached hydrogens (primary N) is 1. The van der Waals surface area contributed by atoms with Crippen molar-refractivity contribution in [1.82, 2.24) is 4.90 Å². The highest BCUT2D eigenvalue weighted by molar-refractivity contribution is 6.00. The number of piperidine rings is 1. The van der Waals surface area contributed by atoms with Gasteiger partial charge in [-0.05, 0) is 43.9 Å². The van der Waals surface area contributed by atoms with Gasteiger partial charge in [-0.2, -0.15) is 0 Å². The van der Waals surface area contributed by atoms with Crippen LogP contribution in [0.3, 0.4) is 0 Å². The van der Waals surface area contributed by atoms with E-state index in [9.17, 15) is 9.59 Å². The summed E-state index contributed by atoms with van der Waals surface area (Å²) in [6.45, 7) is 5.99. The third kappa shape index (κ3) is 3.57. The van der Waals surface area contributed by atoms with Crippen LogP contribution in [0, 0.1) is 19.8 Å². The van der Waals surface area contributed by atoms with E-state index in [-0.39, 0.29) is 36.2 Å². The number of anilines is 1. The Morgan fingerprint density at radius 1 is 1.21 bits per heavy atom. The first-order chi connectivity index (χ1) is 11.0. The maximum Gasteiger partial charge on any atom is 0.228 e. The zero-order valence-corrected chi connectivity index (χ0v) is 15.1. The van der Waals surface area contributed by atoms with Gasteiger partial charge < -0.3 is 15.5 Å². The highest BCUT2D eigenvalue weighted by Crippen LogP contribution is 2.30. The van der Waals surface area contributed by atoms with Crippen LogP contribution < -0.4 is 10.6 Å². The van der Waals surface area contributed by atoms with Gasteiger partial charge >= 0.3 is 0 Å². The number of halogens is 1. The Bertz CT molecular complexity index is 627. The fourth-order valence-electron chi connectivity index (χ4n) is 3.51. The number of amides is 2. The van der Waals surface area contributed by atoms with Crippen molar-refractivity contribution in [2.24, 2.45) is 11.7 Å². The molecule has 3 rings (SSSR count). The van der Waals surface area contributed by atoms with Crippen LogP contribution in [0.4, 0.5) is 5.69 Å². The molecule has 0 radical (unpaired) electrons. The molecule has 1 atom stereocenters. The summed E-state index contributed by atoms with van der Waals surface area (Å²) in [6, 6.07) is 6.17. The third-order valence-corrected chi connectivity index (χ3v) is 5.19. The van der Waals surface area contributed by atoms with Crippen molar-refractivity contribution in [3.63, 3.8) is 0 Å². The zero-order valence-electron chi connectivity index (χ0n) is 14.3. The topological polar surface area (TPSA) is 66.6 Å². The zero-order chi connectivity index (χ0) is 16.6. The lowest BCUT2D eigenvalue weighted by atomic mass is 10.0. The molecule has 24 heavy (non-hydrogen) atoms. The Labute approximate surface area is 149 Å². The summed E-state index contributed by atoms with van der Waals surface area (Å²) in [5.74, 6) is -0.0689. The summed E-state index contributed by atoms with van der Waals surface area (Å²) in [4.78, 5) is 28.8. The predicted octanol–water partition coefficient (Wildman–Crippen LogP) is 2.03. The molecular weight excluding hydrogens is 326 g/mol. The van der Waals surface area contributed by atoms with Crippen LogP contribution >= 0.6 is 12.4 Å². The molecule has 1 aromatic carbocycles. The summed E-state index contributed by atoms with van der Waals surface area (Å²) in [5.41, 5.74) is 9.11. The average Bonchev–Trinajstić information content (AvgIpc) is 2.92. The van der Waals surface area contributed by atoms with Crippen molar-refractivity contribution in [1.29, 1.82) is 0 Å². The first-order valence-electron chi connectivity index (χ1n) is 8.38. The van der Waals surface area contributed by atoms with Crippen molar-refractivity contribution in [2.45, 2.75) is 39.2 Å². The quantitative estimate of drug-likeness (QED) is 0.886.